The second kappa shape index (κ2) is 6.03. The molecule has 0 bridgehead atoms. The molecule has 1 saturated heterocycles. The maximum Gasteiger partial charge on any atom is 0.275 e. The van der Waals surface area contributed by atoms with Crippen LogP contribution in [-0.2, 0) is 0 Å². The fourth-order valence-corrected chi connectivity index (χ4v) is 3.36. The number of nitrogens with one attached hydrogen (secondary N) is 1. The van der Waals surface area contributed by atoms with Crippen molar-refractivity contribution in [3.05, 3.63) is 53.7 Å². The number of likely N-dealkylation sites (tertiary alicyclic amines) is 1. The van der Waals surface area contributed by atoms with Gasteiger partial charge in [0.15, 0.2) is 5.69 Å². The quantitative estimate of drug-likeness (QED) is 0.787. The number of aromatic nitrogens is 4. The van der Waals surface area contributed by atoms with Crippen molar-refractivity contribution in [3.63, 3.8) is 0 Å². The SMILES string of the molecule is Cc1cncc([C@@H]2CCCN(C(=O)c3n[nH]c4ccccc34)C2)n1. The fraction of sp³-hybridized carbons (Fsp3) is 0.333. The van der Waals surface area contributed by atoms with Gasteiger partial charge in [-0.25, -0.2) is 0 Å². The highest BCUT2D eigenvalue weighted by Crippen LogP contribution is 2.27. The summed E-state index contributed by atoms with van der Waals surface area (Å²) in [6.07, 6.45) is 5.57. The van der Waals surface area contributed by atoms with Crippen molar-refractivity contribution in [2.24, 2.45) is 0 Å². The zero-order chi connectivity index (χ0) is 16.5. The molecular formula is C18H19N5O. The molecule has 0 aliphatic carbocycles. The maximum absolute atomic E-state index is 12.9. The Labute approximate surface area is 139 Å². The van der Waals surface area contributed by atoms with Crippen molar-refractivity contribution in [1.29, 1.82) is 0 Å². The summed E-state index contributed by atoms with van der Waals surface area (Å²) in [7, 11) is 0. The highest BCUT2D eigenvalue weighted by Gasteiger charge is 2.28. The Morgan fingerprint density at radius 3 is 3.04 bits per heavy atom. The van der Waals surface area contributed by atoms with Gasteiger partial charge in [-0.05, 0) is 25.8 Å². The molecule has 2 aromatic heterocycles. The number of aromatic amines is 1. The third-order valence-corrected chi connectivity index (χ3v) is 4.57. The van der Waals surface area contributed by atoms with Gasteiger partial charge >= 0.3 is 0 Å². The van der Waals surface area contributed by atoms with Gasteiger partial charge < -0.3 is 4.90 Å². The Balaban J connectivity index is 1.58. The van der Waals surface area contributed by atoms with Crippen LogP contribution in [-0.4, -0.2) is 44.1 Å². The zero-order valence-electron chi connectivity index (χ0n) is 13.6. The third-order valence-electron chi connectivity index (χ3n) is 4.57. The molecule has 1 fully saturated rings. The molecule has 1 atom stereocenters. The number of hydrogen-bond donors (Lipinski definition) is 1. The molecule has 0 unspecified atom stereocenters. The summed E-state index contributed by atoms with van der Waals surface area (Å²) in [6.45, 7) is 3.37. The minimum atomic E-state index is -0.0160. The van der Waals surface area contributed by atoms with Crippen LogP contribution >= 0.6 is 0 Å². The summed E-state index contributed by atoms with van der Waals surface area (Å²) >= 11 is 0. The number of nitrogens with zero attached hydrogens (tertiary/aromatic N) is 4. The van der Waals surface area contributed by atoms with E-state index in [0.717, 1.165) is 41.7 Å². The van der Waals surface area contributed by atoms with E-state index in [1.807, 2.05) is 42.3 Å². The summed E-state index contributed by atoms with van der Waals surface area (Å²) in [5.41, 5.74) is 3.27. The van der Waals surface area contributed by atoms with Crippen molar-refractivity contribution in [2.75, 3.05) is 13.1 Å². The molecule has 3 aromatic rings. The van der Waals surface area contributed by atoms with Crippen LogP contribution in [0.1, 0.15) is 40.6 Å². The van der Waals surface area contributed by atoms with Crippen LogP contribution in [0.25, 0.3) is 10.9 Å². The van der Waals surface area contributed by atoms with Gasteiger partial charge in [-0.1, -0.05) is 18.2 Å². The molecule has 0 saturated carbocycles. The van der Waals surface area contributed by atoms with E-state index in [2.05, 4.69) is 20.2 Å². The van der Waals surface area contributed by atoms with Gasteiger partial charge in [0.25, 0.3) is 5.91 Å². The van der Waals surface area contributed by atoms with Gasteiger partial charge in [0, 0.05) is 36.8 Å². The van der Waals surface area contributed by atoms with Gasteiger partial charge in [0.2, 0.25) is 0 Å². The van der Waals surface area contributed by atoms with E-state index in [9.17, 15) is 4.79 Å². The number of H-pyrrole nitrogens is 1. The normalized spacial score (nSPS) is 18.0. The molecule has 1 N–H and O–H groups in total. The topological polar surface area (TPSA) is 74.8 Å². The number of carbonyl (C=O) groups is 1. The number of amides is 1. The lowest BCUT2D eigenvalue weighted by Crippen LogP contribution is -2.39. The summed E-state index contributed by atoms with van der Waals surface area (Å²) < 4.78 is 0. The molecule has 4 rings (SSSR count). The van der Waals surface area contributed by atoms with Gasteiger partial charge in [-0.3, -0.25) is 19.9 Å². The number of rotatable bonds is 2. The van der Waals surface area contributed by atoms with E-state index in [1.165, 1.54) is 0 Å². The second-order valence-electron chi connectivity index (χ2n) is 6.29. The highest BCUT2D eigenvalue weighted by molar-refractivity contribution is 6.04. The lowest BCUT2D eigenvalue weighted by atomic mass is 9.94. The highest BCUT2D eigenvalue weighted by atomic mass is 16.2. The van der Waals surface area contributed by atoms with E-state index in [4.69, 9.17) is 0 Å². The molecule has 122 valence electrons. The summed E-state index contributed by atoms with van der Waals surface area (Å²) in [4.78, 5) is 23.6. The maximum atomic E-state index is 12.9. The van der Waals surface area contributed by atoms with Crippen molar-refractivity contribution < 1.29 is 4.79 Å². The van der Waals surface area contributed by atoms with E-state index in [0.29, 0.717) is 12.2 Å². The van der Waals surface area contributed by atoms with Gasteiger partial charge in [-0.2, -0.15) is 5.10 Å². The van der Waals surface area contributed by atoms with E-state index in [-0.39, 0.29) is 11.8 Å². The molecule has 1 aromatic carbocycles. The fourth-order valence-electron chi connectivity index (χ4n) is 3.36. The first-order chi connectivity index (χ1) is 11.7. The molecule has 0 spiro atoms. The number of para-hydroxylation sites is 1. The van der Waals surface area contributed by atoms with E-state index in [1.54, 1.807) is 6.20 Å². The number of piperidine rings is 1. The monoisotopic (exact) mass is 321 g/mol. The summed E-state index contributed by atoms with van der Waals surface area (Å²) in [6, 6.07) is 7.72. The van der Waals surface area contributed by atoms with Crippen LogP contribution in [0, 0.1) is 6.92 Å². The van der Waals surface area contributed by atoms with Crippen molar-refractivity contribution >= 4 is 16.8 Å². The largest absolute Gasteiger partial charge is 0.337 e. The first-order valence-electron chi connectivity index (χ1n) is 8.23. The first kappa shape index (κ1) is 14.8. The molecule has 24 heavy (non-hydrogen) atoms. The Kier molecular flexibility index (Phi) is 3.72. The summed E-state index contributed by atoms with van der Waals surface area (Å²) in [5, 5.41) is 8.05. The van der Waals surface area contributed by atoms with Crippen LogP contribution in [0.15, 0.2) is 36.7 Å². The van der Waals surface area contributed by atoms with Crippen LogP contribution in [0.3, 0.4) is 0 Å². The number of carbonyl (C=O) groups excluding carboxylic acids is 1. The zero-order valence-corrected chi connectivity index (χ0v) is 13.6. The average molecular weight is 321 g/mol. The van der Waals surface area contributed by atoms with Crippen LogP contribution in [0.4, 0.5) is 0 Å². The molecular weight excluding hydrogens is 302 g/mol. The number of fused-ring (bicyclic) bond motifs is 1. The molecule has 1 aliphatic rings. The van der Waals surface area contributed by atoms with Crippen molar-refractivity contribution in [1.82, 2.24) is 25.1 Å². The molecule has 1 aliphatic heterocycles. The molecule has 6 nitrogen and oxygen atoms in total. The Morgan fingerprint density at radius 2 is 2.17 bits per heavy atom. The predicted octanol–water partition coefficient (Wildman–Crippen LogP) is 2.68. The Bertz CT molecular complexity index is 888. The number of hydrogen-bond acceptors (Lipinski definition) is 4. The minimum absolute atomic E-state index is 0.0160. The number of aryl methyl sites for hydroxylation is 1. The second-order valence-corrected chi connectivity index (χ2v) is 6.29. The average Bonchev–Trinajstić information content (AvgIpc) is 3.05. The molecule has 3 heterocycles. The van der Waals surface area contributed by atoms with E-state index < -0.39 is 0 Å². The molecule has 6 heteroatoms. The smallest absolute Gasteiger partial charge is 0.275 e. The molecule has 1 amide bonds. The lowest BCUT2D eigenvalue weighted by Gasteiger charge is -2.32. The van der Waals surface area contributed by atoms with Gasteiger partial charge in [0.05, 0.1) is 16.9 Å². The standard InChI is InChI=1S/C18H19N5O/c1-12-9-19-10-16(20-12)13-5-4-8-23(11-13)18(24)17-14-6-2-3-7-15(14)21-22-17/h2-3,6-7,9-10,13H,4-5,8,11H2,1H3,(H,21,22)/t13-/m1/s1. The lowest BCUT2D eigenvalue weighted by molar-refractivity contribution is 0.0701. The third kappa shape index (κ3) is 2.64. The van der Waals surface area contributed by atoms with Crippen LogP contribution in [0.5, 0.6) is 0 Å². The van der Waals surface area contributed by atoms with Crippen molar-refractivity contribution in [2.45, 2.75) is 25.7 Å². The van der Waals surface area contributed by atoms with Gasteiger partial charge in [-0.15, -0.1) is 0 Å². The molecule has 0 radical (unpaired) electrons. The van der Waals surface area contributed by atoms with E-state index >= 15 is 0 Å². The Morgan fingerprint density at radius 1 is 1.29 bits per heavy atom. The minimum Gasteiger partial charge on any atom is -0.337 e. The Hall–Kier alpha value is -2.76. The van der Waals surface area contributed by atoms with Gasteiger partial charge in [0.1, 0.15) is 0 Å². The number of benzene rings is 1. The predicted molar refractivity (Wildman–Crippen MR) is 90.7 cm³/mol. The van der Waals surface area contributed by atoms with Crippen LogP contribution < -0.4 is 0 Å². The summed E-state index contributed by atoms with van der Waals surface area (Å²) in [5.74, 6) is 0.220. The first-order valence-corrected chi connectivity index (χ1v) is 8.23. The van der Waals surface area contributed by atoms with Crippen LogP contribution in [0.2, 0.25) is 0 Å². The van der Waals surface area contributed by atoms with Crippen molar-refractivity contribution in [3.8, 4) is 0 Å².